The Morgan fingerprint density at radius 3 is 2.33 bits per heavy atom. The first kappa shape index (κ1) is 23.5. The molecule has 0 bridgehead atoms. The van der Waals surface area contributed by atoms with Crippen LogP contribution in [0.2, 0.25) is 0 Å². The Bertz CT molecular complexity index is 990. The third-order valence-corrected chi connectivity index (χ3v) is 7.66. The molecule has 4 rings (SSSR count). The van der Waals surface area contributed by atoms with Crippen LogP contribution in [0.5, 0.6) is 0 Å². The van der Waals surface area contributed by atoms with Crippen molar-refractivity contribution in [1.82, 2.24) is 14.8 Å². The van der Waals surface area contributed by atoms with Crippen LogP contribution in [-0.4, -0.2) is 51.8 Å². The predicted octanol–water partition coefficient (Wildman–Crippen LogP) is 3.69. The van der Waals surface area contributed by atoms with E-state index in [1.54, 1.807) is 0 Å². The molecule has 180 valence electrons. The summed E-state index contributed by atoms with van der Waals surface area (Å²) in [6.45, 7) is 9.56. The zero-order valence-corrected chi connectivity index (χ0v) is 20.3. The second kappa shape index (κ2) is 8.29. The molecule has 8 heteroatoms. The average molecular weight is 458 g/mol. The molecule has 1 aromatic rings. The Balaban J connectivity index is 1.33. The number of nitrogens with zero attached hydrogens (tertiary/aromatic N) is 2. The highest BCUT2D eigenvalue weighted by Crippen LogP contribution is 2.43. The largest absolute Gasteiger partial charge is 0.456 e. The van der Waals surface area contributed by atoms with Crippen molar-refractivity contribution < 1.29 is 23.9 Å². The first-order valence-electron chi connectivity index (χ1n) is 11.9. The molecular formula is C25H35N3O5. The minimum atomic E-state index is -0.921. The van der Waals surface area contributed by atoms with Gasteiger partial charge in [-0.15, -0.1) is 0 Å². The summed E-state index contributed by atoms with van der Waals surface area (Å²) in [4.78, 5) is 51.6. The van der Waals surface area contributed by atoms with Gasteiger partial charge in [0.05, 0.1) is 0 Å². The smallest absolute Gasteiger partial charge is 0.326 e. The van der Waals surface area contributed by atoms with E-state index in [0.717, 1.165) is 42.0 Å². The molecule has 0 aromatic carbocycles. The summed E-state index contributed by atoms with van der Waals surface area (Å²) in [7, 11) is 0. The van der Waals surface area contributed by atoms with E-state index in [1.165, 1.54) is 0 Å². The predicted molar refractivity (Wildman–Crippen MR) is 122 cm³/mol. The van der Waals surface area contributed by atoms with Crippen LogP contribution in [0.15, 0.2) is 6.07 Å². The van der Waals surface area contributed by atoms with Gasteiger partial charge in [0.25, 0.3) is 5.91 Å². The minimum absolute atomic E-state index is 0.153. The van der Waals surface area contributed by atoms with Gasteiger partial charge in [0, 0.05) is 23.0 Å². The number of ketones is 1. The number of urea groups is 1. The molecule has 1 aromatic heterocycles. The molecule has 3 aliphatic rings. The van der Waals surface area contributed by atoms with Crippen molar-refractivity contribution in [2.75, 3.05) is 13.2 Å². The summed E-state index contributed by atoms with van der Waals surface area (Å²) in [6, 6.07) is 1.73. The number of hydrogen-bond donors (Lipinski definition) is 1. The van der Waals surface area contributed by atoms with Gasteiger partial charge < -0.3 is 14.6 Å². The van der Waals surface area contributed by atoms with Crippen LogP contribution in [0.1, 0.15) is 87.1 Å². The zero-order valence-electron chi connectivity index (χ0n) is 20.3. The first-order valence-corrected chi connectivity index (χ1v) is 11.9. The highest BCUT2D eigenvalue weighted by molar-refractivity contribution is 6.09. The fourth-order valence-corrected chi connectivity index (χ4v) is 5.49. The van der Waals surface area contributed by atoms with Gasteiger partial charge in [-0.05, 0) is 69.8 Å². The number of carbonyl (C=O) groups excluding carboxylic acids is 4. The number of imide groups is 1. The minimum Gasteiger partial charge on any atom is -0.456 e. The monoisotopic (exact) mass is 457 g/mol. The molecular weight excluding hydrogens is 422 g/mol. The number of ether oxygens (including phenoxy) is 1. The van der Waals surface area contributed by atoms with Crippen LogP contribution in [0.3, 0.4) is 0 Å². The molecule has 0 unspecified atom stereocenters. The maximum atomic E-state index is 13.1. The first-order chi connectivity index (χ1) is 15.4. The fourth-order valence-electron chi connectivity index (χ4n) is 5.49. The van der Waals surface area contributed by atoms with E-state index < -0.39 is 30.7 Å². The molecule has 2 saturated carbocycles. The van der Waals surface area contributed by atoms with Gasteiger partial charge in [0.2, 0.25) is 5.78 Å². The normalized spacial score (nSPS) is 25.5. The number of aromatic nitrogens is 1. The van der Waals surface area contributed by atoms with Crippen molar-refractivity contribution >= 4 is 23.7 Å². The molecule has 3 fully saturated rings. The average Bonchev–Trinajstić information content (AvgIpc) is 3.49. The lowest BCUT2D eigenvalue weighted by atomic mass is 9.67. The summed E-state index contributed by atoms with van der Waals surface area (Å²) >= 11 is 0. The van der Waals surface area contributed by atoms with E-state index in [-0.39, 0.29) is 17.1 Å². The van der Waals surface area contributed by atoms with E-state index in [4.69, 9.17) is 4.74 Å². The van der Waals surface area contributed by atoms with Crippen molar-refractivity contribution in [2.24, 2.45) is 11.3 Å². The lowest BCUT2D eigenvalue weighted by Gasteiger charge is -2.40. The number of nitrogens with one attached hydrogen (secondary N) is 1. The molecule has 1 N–H and O–H groups in total. The summed E-state index contributed by atoms with van der Waals surface area (Å²) in [5, 5.41) is 2.83. The quantitative estimate of drug-likeness (QED) is 0.399. The number of carbonyl (C=O) groups is 4. The molecule has 3 amide bonds. The van der Waals surface area contributed by atoms with Gasteiger partial charge in [-0.3, -0.25) is 19.3 Å². The van der Waals surface area contributed by atoms with Crippen LogP contribution in [0.25, 0.3) is 0 Å². The standard InChI is InChI=1S/C25H35N3O5/c1-15-12-19(16(2)28(15)18-6-7-18)20(29)14-33-21(30)13-27-22(31)25(26-23(27)32)10-8-17(9-11-25)24(3,4)5/h12,17-18H,6-11,13-14H2,1-5H3,(H,26,32). The summed E-state index contributed by atoms with van der Waals surface area (Å²) in [5.74, 6) is -0.920. The second-order valence-corrected chi connectivity index (χ2v) is 11.0. The fraction of sp³-hybridized carbons (Fsp3) is 0.680. The molecule has 2 aliphatic carbocycles. The van der Waals surface area contributed by atoms with Gasteiger partial charge in [-0.2, -0.15) is 0 Å². The van der Waals surface area contributed by atoms with Gasteiger partial charge in [0.15, 0.2) is 6.61 Å². The van der Waals surface area contributed by atoms with Gasteiger partial charge >= 0.3 is 12.0 Å². The number of hydrogen-bond acceptors (Lipinski definition) is 5. The maximum absolute atomic E-state index is 13.1. The van der Waals surface area contributed by atoms with Crippen molar-refractivity contribution in [3.8, 4) is 0 Å². The molecule has 8 nitrogen and oxygen atoms in total. The van der Waals surface area contributed by atoms with Crippen LogP contribution in [0, 0.1) is 25.2 Å². The van der Waals surface area contributed by atoms with Crippen molar-refractivity contribution in [3.63, 3.8) is 0 Å². The summed E-state index contributed by atoms with van der Waals surface area (Å²) in [6.07, 6.45) is 5.07. The Labute approximate surface area is 195 Å². The van der Waals surface area contributed by atoms with Crippen LogP contribution < -0.4 is 5.32 Å². The van der Waals surface area contributed by atoms with Gasteiger partial charge in [0.1, 0.15) is 12.1 Å². The molecule has 1 saturated heterocycles. The van der Waals surface area contributed by atoms with Gasteiger partial charge in [-0.1, -0.05) is 20.8 Å². The Kier molecular flexibility index (Phi) is 5.91. The number of amides is 3. The topological polar surface area (TPSA) is 97.7 Å². The highest BCUT2D eigenvalue weighted by Gasteiger charge is 2.53. The molecule has 0 radical (unpaired) electrons. The van der Waals surface area contributed by atoms with E-state index in [0.29, 0.717) is 30.4 Å². The lowest BCUT2D eigenvalue weighted by Crippen LogP contribution is -2.50. The van der Waals surface area contributed by atoms with E-state index in [9.17, 15) is 19.2 Å². The third kappa shape index (κ3) is 4.44. The maximum Gasteiger partial charge on any atom is 0.326 e. The Morgan fingerprint density at radius 1 is 1.12 bits per heavy atom. The van der Waals surface area contributed by atoms with Crippen LogP contribution in [-0.2, 0) is 14.3 Å². The van der Waals surface area contributed by atoms with Crippen molar-refractivity contribution in [2.45, 2.75) is 84.7 Å². The molecule has 0 atom stereocenters. The van der Waals surface area contributed by atoms with E-state index in [1.807, 2.05) is 19.9 Å². The van der Waals surface area contributed by atoms with Gasteiger partial charge in [-0.25, -0.2) is 4.79 Å². The summed E-state index contributed by atoms with van der Waals surface area (Å²) < 4.78 is 7.33. The molecule has 1 aliphatic heterocycles. The number of rotatable bonds is 6. The number of Topliss-reactive ketones (excluding diaryl/α,β-unsaturated/α-hetero) is 1. The van der Waals surface area contributed by atoms with Crippen molar-refractivity contribution in [3.05, 3.63) is 23.0 Å². The van der Waals surface area contributed by atoms with E-state index >= 15 is 0 Å². The van der Waals surface area contributed by atoms with E-state index in [2.05, 4.69) is 30.7 Å². The SMILES string of the molecule is Cc1cc(C(=O)COC(=O)CN2C(=O)NC3(CCC(C(C)(C)C)CC3)C2=O)c(C)n1C1CC1. The Morgan fingerprint density at radius 2 is 1.76 bits per heavy atom. The lowest BCUT2D eigenvalue weighted by molar-refractivity contribution is -0.147. The second-order valence-electron chi connectivity index (χ2n) is 11.0. The number of aryl methyl sites for hydroxylation is 1. The molecule has 33 heavy (non-hydrogen) atoms. The zero-order chi connectivity index (χ0) is 24.1. The van der Waals surface area contributed by atoms with Crippen molar-refractivity contribution in [1.29, 1.82) is 0 Å². The van der Waals surface area contributed by atoms with Crippen LogP contribution >= 0.6 is 0 Å². The third-order valence-electron chi connectivity index (χ3n) is 7.66. The molecule has 1 spiro atoms. The Hall–Kier alpha value is -2.64. The summed E-state index contributed by atoms with van der Waals surface area (Å²) in [5.41, 5.74) is 1.69. The highest BCUT2D eigenvalue weighted by atomic mass is 16.5. The number of esters is 1. The molecule has 2 heterocycles. The van der Waals surface area contributed by atoms with Crippen LogP contribution in [0.4, 0.5) is 4.79 Å².